The molecule has 0 bridgehead atoms. The molecule has 4 rings (SSSR count). The van der Waals surface area contributed by atoms with Crippen molar-refractivity contribution in [2.75, 3.05) is 12.4 Å². The standard InChI is InChI=1S/C22H18N4O3S/c1-13-5-3-6-16(18(13)28-2)20(27)26-22(30)24-15-10-8-14(9-11-15)21-25-19-17(29-21)7-4-12-23-19/h3-12H,1-2H3,(H2,24,26,27,30). The van der Waals surface area contributed by atoms with Gasteiger partial charge in [0.25, 0.3) is 5.91 Å². The normalized spacial score (nSPS) is 10.6. The Hall–Kier alpha value is -3.78. The summed E-state index contributed by atoms with van der Waals surface area (Å²) in [5, 5.41) is 5.85. The number of para-hydroxylation sites is 1. The Balaban J connectivity index is 1.44. The number of aromatic nitrogens is 2. The van der Waals surface area contributed by atoms with Crippen LogP contribution in [0.25, 0.3) is 22.7 Å². The van der Waals surface area contributed by atoms with Crippen LogP contribution in [0.2, 0.25) is 0 Å². The van der Waals surface area contributed by atoms with Crippen molar-refractivity contribution in [1.82, 2.24) is 15.3 Å². The van der Waals surface area contributed by atoms with E-state index in [0.29, 0.717) is 28.4 Å². The van der Waals surface area contributed by atoms with Gasteiger partial charge in [-0.2, -0.15) is 4.98 Å². The number of hydrogen-bond acceptors (Lipinski definition) is 6. The van der Waals surface area contributed by atoms with E-state index in [9.17, 15) is 4.79 Å². The SMILES string of the molecule is COc1c(C)cccc1C(=O)NC(=S)Nc1ccc(-c2nc3ncccc3o2)cc1. The fraction of sp³-hybridized carbons (Fsp3) is 0.0909. The fourth-order valence-electron chi connectivity index (χ4n) is 3.02. The lowest BCUT2D eigenvalue weighted by Crippen LogP contribution is -2.34. The van der Waals surface area contributed by atoms with Gasteiger partial charge in [0.1, 0.15) is 5.75 Å². The molecule has 150 valence electrons. The number of methoxy groups -OCH3 is 1. The average molecular weight is 418 g/mol. The van der Waals surface area contributed by atoms with Crippen molar-refractivity contribution in [3.05, 3.63) is 71.9 Å². The van der Waals surface area contributed by atoms with Crippen molar-refractivity contribution < 1.29 is 13.9 Å². The van der Waals surface area contributed by atoms with Crippen LogP contribution in [0.4, 0.5) is 5.69 Å². The van der Waals surface area contributed by atoms with E-state index < -0.39 is 0 Å². The van der Waals surface area contributed by atoms with Gasteiger partial charge >= 0.3 is 0 Å². The highest BCUT2D eigenvalue weighted by molar-refractivity contribution is 7.80. The van der Waals surface area contributed by atoms with Gasteiger partial charge in [-0.1, -0.05) is 12.1 Å². The second kappa shape index (κ2) is 8.30. The van der Waals surface area contributed by atoms with Gasteiger partial charge in [-0.15, -0.1) is 0 Å². The average Bonchev–Trinajstić information content (AvgIpc) is 3.18. The smallest absolute Gasteiger partial charge is 0.261 e. The number of pyridine rings is 1. The van der Waals surface area contributed by atoms with Crippen LogP contribution in [0.1, 0.15) is 15.9 Å². The number of carbonyl (C=O) groups is 1. The van der Waals surface area contributed by atoms with Gasteiger partial charge in [-0.25, -0.2) is 4.98 Å². The summed E-state index contributed by atoms with van der Waals surface area (Å²) >= 11 is 5.27. The molecule has 2 heterocycles. The van der Waals surface area contributed by atoms with Crippen LogP contribution in [0, 0.1) is 6.92 Å². The van der Waals surface area contributed by atoms with Gasteiger partial charge in [0.15, 0.2) is 16.3 Å². The topological polar surface area (TPSA) is 89.3 Å². The first-order valence-electron chi connectivity index (χ1n) is 9.13. The Labute approximate surface area is 178 Å². The molecular weight excluding hydrogens is 400 g/mol. The number of anilines is 1. The van der Waals surface area contributed by atoms with Crippen molar-refractivity contribution >= 4 is 40.2 Å². The minimum Gasteiger partial charge on any atom is -0.496 e. The number of benzene rings is 2. The lowest BCUT2D eigenvalue weighted by Gasteiger charge is -2.13. The van der Waals surface area contributed by atoms with Gasteiger partial charge < -0.3 is 14.5 Å². The first-order chi connectivity index (χ1) is 14.5. The zero-order valence-corrected chi connectivity index (χ0v) is 17.1. The van der Waals surface area contributed by atoms with Gasteiger partial charge in [0, 0.05) is 17.4 Å². The Morgan fingerprint density at radius 2 is 1.90 bits per heavy atom. The minimum atomic E-state index is -0.344. The number of nitrogens with one attached hydrogen (secondary N) is 2. The number of carbonyl (C=O) groups excluding carboxylic acids is 1. The minimum absolute atomic E-state index is 0.183. The van der Waals surface area contributed by atoms with E-state index in [1.54, 1.807) is 24.4 Å². The molecule has 0 aliphatic carbocycles. The van der Waals surface area contributed by atoms with Crippen LogP contribution in [-0.4, -0.2) is 28.1 Å². The third-order valence-electron chi connectivity index (χ3n) is 4.44. The van der Waals surface area contributed by atoms with E-state index >= 15 is 0 Å². The molecule has 0 fully saturated rings. The Morgan fingerprint density at radius 1 is 1.10 bits per heavy atom. The second-order valence-corrected chi connectivity index (χ2v) is 6.89. The first-order valence-corrected chi connectivity index (χ1v) is 9.54. The summed E-state index contributed by atoms with van der Waals surface area (Å²) in [4.78, 5) is 21.1. The van der Waals surface area contributed by atoms with Crippen LogP contribution in [0.15, 0.2) is 65.2 Å². The van der Waals surface area contributed by atoms with E-state index in [2.05, 4.69) is 20.6 Å². The molecule has 2 aromatic carbocycles. The lowest BCUT2D eigenvalue weighted by atomic mass is 10.1. The number of amides is 1. The summed E-state index contributed by atoms with van der Waals surface area (Å²) in [5.74, 6) is 0.663. The first kappa shape index (κ1) is 19.5. The van der Waals surface area contributed by atoms with E-state index in [1.165, 1.54) is 7.11 Å². The highest BCUT2D eigenvalue weighted by Crippen LogP contribution is 2.25. The maximum Gasteiger partial charge on any atom is 0.261 e. The molecule has 0 radical (unpaired) electrons. The van der Waals surface area contributed by atoms with Crippen LogP contribution in [0.5, 0.6) is 5.75 Å². The summed E-state index contributed by atoms with van der Waals surface area (Å²) in [6.07, 6.45) is 1.67. The number of oxazole rings is 1. The molecule has 1 amide bonds. The molecule has 0 aliphatic rings. The molecule has 2 aromatic heterocycles. The molecule has 2 N–H and O–H groups in total. The molecule has 0 aliphatic heterocycles. The van der Waals surface area contributed by atoms with Gasteiger partial charge in [0.05, 0.1) is 12.7 Å². The highest BCUT2D eigenvalue weighted by atomic mass is 32.1. The molecular formula is C22H18N4O3S. The van der Waals surface area contributed by atoms with E-state index in [4.69, 9.17) is 21.4 Å². The zero-order chi connectivity index (χ0) is 21.1. The van der Waals surface area contributed by atoms with Crippen molar-refractivity contribution in [2.45, 2.75) is 6.92 Å². The molecule has 0 atom stereocenters. The van der Waals surface area contributed by atoms with E-state index in [-0.39, 0.29) is 11.0 Å². The molecule has 4 aromatic rings. The number of hydrogen-bond donors (Lipinski definition) is 2. The molecule has 0 saturated carbocycles. The Kier molecular flexibility index (Phi) is 5.40. The monoisotopic (exact) mass is 418 g/mol. The maximum absolute atomic E-state index is 12.6. The summed E-state index contributed by atoms with van der Waals surface area (Å²) in [6.45, 7) is 1.88. The summed E-state index contributed by atoms with van der Waals surface area (Å²) < 4.78 is 11.0. The largest absolute Gasteiger partial charge is 0.496 e. The molecule has 8 heteroatoms. The number of thiocarbonyl (C=S) groups is 1. The third-order valence-corrected chi connectivity index (χ3v) is 4.65. The predicted octanol–water partition coefficient (Wildman–Crippen LogP) is 4.33. The van der Waals surface area contributed by atoms with Crippen LogP contribution in [-0.2, 0) is 0 Å². The summed E-state index contributed by atoms with van der Waals surface area (Å²) in [5.41, 5.74) is 4.00. The molecule has 0 saturated heterocycles. The van der Waals surface area contributed by atoms with E-state index in [0.717, 1.165) is 16.8 Å². The van der Waals surface area contributed by atoms with Gasteiger partial charge in [0.2, 0.25) is 5.89 Å². The number of aryl methyl sites for hydroxylation is 1. The lowest BCUT2D eigenvalue weighted by molar-refractivity contribution is 0.0974. The van der Waals surface area contributed by atoms with Crippen LogP contribution >= 0.6 is 12.2 Å². The summed E-state index contributed by atoms with van der Waals surface area (Å²) in [7, 11) is 1.53. The van der Waals surface area contributed by atoms with Crippen molar-refractivity contribution in [3.8, 4) is 17.2 Å². The molecule has 7 nitrogen and oxygen atoms in total. The second-order valence-electron chi connectivity index (χ2n) is 6.49. The number of nitrogens with zero attached hydrogens (tertiary/aromatic N) is 2. The molecule has 0 spiro atoms. The van der Waals surface area contributed by atoms with E-state index in [1.807, 2.05) is 43.3 Å². The van der Waals surface area contributed by atoms with Gasteiger partial charge in [-0.05, 0) is 67.2 Å². The number of rotatable bonds is 4. The van der Waals surface area contributed by atoms with Crippen LogP contribution < -0.4 is 15.4 Å². The zero-order valence-electron chi connectivity index (χ0n) is 16.3. The van der Waals surface area contributed by atoms with Crippen molar-refractivity contribution in [2.24, 2.45) is 0 Å². The maximum atomic E-state index is 12.6. The van der Waals surface area contributed by atoms with Gasteiger partial charge in [-0.3, -0.25) is 10.1 Å². The summed E-state index contributed by atoms with van der Waals surface area (Å²) in [6, 6.07) is 16.3. The number of fused-ring (bicyclic) bond motifs is 1. The molecule has 30 heavy (non-hydrogen) atoms. The number of ether oxygens (including phenoxy) is 1. The molecule has 0 unspecified atom stereocenters. The third kappa shape index (κ3) is 3.99. The van der Waals surface area contributed by atoms with Crippen LogP contribution in [0.3, 0.4) is 0 Å². The Bertz CT molecular complexity index is 1200. The Morgan fingerprint density at radius 3 is 2.63 bits per heavy atom. The predicted molar refractivity (Wildman–Crippen MR) is 119 cm³/mol. The van der Waals surface area contributed by atoms with Crippen molar-refractivity contribution in [3.63, 3.8) is 0 Å². The van der Waals surface area contributed by atoms with Crippen molar-refractivity contribution in [1.29, 1.82) is 0 Å². The fourth-order valence-corrected chi connectivity index (χ4v) is 3.23. The highest BCUT2D eigenvalue weighted by Gasteiger charge is 2.15. The quantitative estimate of drug-likeness (QED) is 0.477.